The number of amides is 1. The Bertz CT molecular complexity index is 650. The summed E-state index contributed by atoms with van der Waals surface area (Å²) in [5.74, 6) is 1.37. The second-order valence-corrected chi connectivity index (χ2v) is 9.01. The number of carbonyl (C=O) groups excluding carboxylic acids is 1. The number of hydrogen-bond donors (Lipinski definition) is 2. The van der Waals surface area contributed by atoms with E-state index < -0.39 is 0 Å². The van der Waals surface area contributed by atoms with Crippen LogP contribution in [0.1, 0.15) is 58.9 Å². The third-order valence-corrected chi connectivity index (χ3v) is 5.97. The largest absolute Gasteiger partial charge is 0.356 e. The van der Waals surface area contributed by atoms with Crippen molar-refractivity contribution in [3.05, 3.63) is 35.9 Å². The standard InChI is InChI=1S/C24H40N4O.HI/c1-6-20(7-2)22(29)28-15-13-21(14-16-28)27-23(25-5)26-18-24(3,4)17-19-11-9-8-10-12-19;/h8-12,20-21H,6-7,13-18H2,1-5H3,(H2,25,26,27);1H. The van der Waals surface area contributed by atoms with Crippen molar-refractivity contribution in [3.63, 3.8) is 0 Å². The molecule has 0 aromatic heterocycles. The molecule has 1 aromatic rings. The van der Waals surface area contributed by atoms with Gasteiger partial charge in [-0.05, 0) is 43.1 Å². The zero-order valence-electron chi connectivity index (χ0n) is 19.4. The highest BCUT2D eigenvalue weighted by atomic mass is 127. The van der Waals surface area contributed by atoms with Gasteiger partial charge in [0.1, 0.15) is 0 Å². The van der Waals surface area contributed by atoms with Crippen LogP contribution in [-0.4, -0.2) is 49.5 Å². The molecule has 1 aliphatic rings. The summed E-state index contributed by atoms with van der Waals surface area (Å²) < 4.78 is 0. The van der Waals surface area contributed by atoms with Gasteiger partial charge in [0, 0.05) is 38.6 Å². The maximum Gasteiger partial charge on any atom is 0.225 e. The van der Waals surface area contributed by atoms with E-state index in [4.69, 9.17) is 0 Å². The molecule has 0 radical (unpaired) electrons. The third kappa shape index (κ3) is 8.44. The summed E-state index contributed by atoms with van der Waals surface area (Å²) in [4.78, 5) is 19.0. The number of aliphatic imine (C=N–C) groups is 1. The normalized spacial score (nSPS) is 15.7. The Morgan fingerprint density at radius 2 is 1.77 bits per heavy atom. The first-order chi connectivity index (χ1) is 13.9. The molecular weight excluding hydrogens is 487 g/mol. The lowest BCUT2D eigenvalue weighted by Gasteiger charge is -2.35. The highest BCUT2D eigenvalue weighted by molar-refractivity contribution is 14.0. The van der Waals surface area contributed by atoms with Gasteiger partial charge in [0.2, 0.25) is 5.91 Å². The van der Waals surface area contributed by atoms with Crippen molar-refractivity contribution in [3.8, 4) is 0 Å². The van der Waals surface area contributed by atoms with Gasteiger partial charge in [-0.1, -0.05) is 58.0 Å². The summed E-state index contributed by atoms with van der Waals surface area (Å²) in [6.07, 6.45) is 4.83. The average Bonchev–Trinajstić information content (AvgIpc) is 2.72. The zero-order chi connectivity index (χ0) is 21.3. The third-order valence-electron chi connectivity index (χ3n) is 5.97. The molecule has 0 saturated carbocycles. The van der Waals surface area contributed by atoms with Crippen molar-refractivity contribution in [2.45, 2.75) is 65.8 Å². The fourth-order valence-electron chi connectivity index (χ4n) is 4.06. The number of halogens is 1. The van der Waals surface area contributed by atoms with Gasteiger partial charge in [-0.2, -0.15) is 0 Å². The Morgan fingerprint density at radius 1 is 1.17 bits per heavy atom. The number of benzene rings is 1. The number of rotatable bonds is 8. The topological polar surface area (TPSA) is 56.7 Å². The summed E-state index contributed by atoms with van der Waals surface area (Å²) in [7, 11) is 1.82. The van der Waals surface area contributed by atoms with Crippen molar-refractivity contribution in [1.82, 2.24) is 15.5 Å². The molecule has 1 saturated heterocycles. The molecule has 170 valence electrons. The molecule has 1 fully saturated rings. The van der Waals surface area contributed by atoms with Gasteiger partial charge >= 0.3 is 0 Å². The van der Waals surface area contributed by atoms with E-state index in [2.05, 4.69) is 78.6 Å². The van der Waals surface area contributed by atoms with Gasteiger partial charge in [0.05, 0.1) is 0 Å². The molecule has 6 heteroatoms. The highest BCUT2D eigenvalue weighted by Crippen LogP contribution is 2.21. The number of carbonyl (C=O) groups is 1. The minimum Gasteiger partial charge on any atom is -0.356 e. The zero-order valence-corrected chi connectivity index (χ0v) is 21.7. The van der Waals surface area contributed by atoms with Crippen molar-refractivity contribution in [1.29, 1.82) is 0 Å². The van der Waals surface area contributed by atoms with Crippen LogP contribution in [0.4, 0.5) is 0 Å². The van der Waals surface area contributed by atoms with Crippen molar-refractivity contribution < 1.29 is 4.79 Å². The van der Waals surface area contributed by atoms with Gasteiger partial charge in [-0.3, -0.25) is 9.79 Å². The van der Waals surface area contributed by atoms with E-state index in [-0.39, 0.29) is 35.3 Å². The first-order valence-corrected chi connectivity index (χ1v) is 11.2. The van der Waals surface area contributed by atoms with E-state index in [9.17, 15) is 4.79 Å². The van der Waals surface area contributed by atoms with Crippen molar-refractivity contribution in [2.24, 2.45) is 16.3 Å². The van der Waals surface area contributed by atoms with Crippen LogP contribution in [0, 0.1) is 11.3 Å². The molecule has 0 atom stereocenters. The van der Waals surface area contributed by atoms with Crippen LogP contribution in [0.2, 0.25) is 0 Å². The van der Waals surface area contributed by atoms with Crippen LogP contribution in [0.3, 0.4) is 0 Å². The molecule has 1 aliphatic heterocycles. The highest BCUT2D eigenvalue weighted by Gasteiger charge is 2.27. The predicted molar refractivity (Wildman–Crippen MR) is 138 cm³/mol. The second kappa shape index (κ2) is 13.2. The van der Waals surface area contributed by atoms with Crippen LogP contribution < -0.4 is 10.6 Å². The molecule has 0 aliphatic carbocycles. The molecule has 30 heavy (non-hydrogen) atoms. The maximum absolute atomic E-state index is 12.6. The number of likely N-dealkylation sites (tertiary alicyclic amines) is 1. The number of nitrogens with one attached hydrogen (secondary N) is 2. The molecule has 0 spiro atoms. The van der Waals surface area contributed by atoms with Gasteiger partial charge in [-0.15, -0.1) is 24.0 Å². The minimum absolute atomic E-state index is 0. The Balaban J connectivity index is 0.00000450. The SMILES string of the molecule is CCC(CC)C(=O)N1CCC(NC(=NC)NCC(C)(C)Cc2ccccc2)CC1.I. The van der Waals surface area contributed by atoms with E-state index in [1.807, 2.05) is 7.05 Å². The first kappa shape index (κ1) is 26.7. The van der Waals surface area contributed by atoms with Crippen LogP contribution >= 0.6 is 24.0 Å². The summed E-state index contributed by atoms with van der Waals surface area (Å²) in [6.45, 7) is 11.3. The Hall–Kier alpha value is -1.31. The van der Waals surface area contributed by atoms with Gasteiger partial charge in [0.25, 0.3) is 0 Å². The summed E-state index contributed by atoms with van der Waals surface area (Å²) in [5.41, 5.74) is 1.49. The summed E-state index contributed by atoms with van der Waals surface area (Å²) in [6, 6.07) is 11.0. The van der Waals surface area contributed by atoms with Crippen LogP contribution in [-0.2, 0) is 11.2 Å². The minimum atomic E-state index is 0. The first-order valence-electron chi connectivity index (χ1n) is 11.2. The Morgan fingerprint density at radius 3 is 2.30 bits per heavy atom. The fourth-order valence-corrected chi connectivity index (χ4v) is 4.06. The Kier molecular flexibility index (Phi) is 11.7. The quantitative estimate of drug-likeness (QED) is 0.298. The molecule has 2 N–H and O–H groups in total. The van der Waals surface area contributed by atoms with E-state index in [1.54, 1.807) is 0 Å². The van der Waals surface area contributed by atoms with Crippen molar-refractivity contribution >= 4 is 35.8 Å². The predicted octanol–water partition coefficient (Wildman–Crippen LogP) is 4.47. The second-order valence-electron chi connectivity index (χ2n) is 9.01. The Labute approximate surface area is 200 Å². The number of hydrogen-bond acceptors (Lipinski definition) is 2. The lowest BCUT2D eigenvalue weighted by atomic mass is 9.86. The monoisotopic (exact) mass is 528 g/mol. The molecule has 0 bridgehead atoms. The lowest BCUT2D eigenvalue weighted by Crippen LogP contribution is -2.51. The van der Waals surface area contributed by atoms with Crippen LogP contribution in [0.5, 0.6) is 0 Å². The van der Waals surface area contributed by atoms with Crippen LogP contribution in [0.15, 0.2) is 35.3 Å². The smallest absolute Gasteiger partial charge is 0.225 e. The van der Waals surface area contributed by atoms with Crippen molar-refractivity contribution in [2.75, 3.05) is 26.7 Å². The molecule has 1 heterocycles. The van der Waals surface area contributed by atoms with Crippen LogP contribution in [0.25, 0.3) is 0 Å². The number of guanidine groups is 1. The number of piperidine rings is 1. The maximum atomic E-state index is 12.6. The molecule has 5 nitrogen and oxygen atoms in total. The average molecular weight is 529 g/mol. The molecular formula is C24H41IN4O. The van der Waals surface area contributed by atoms with Gasteiger partial charge < -0.3 is 15.5 Å². The summed E-state index contributed by atoms with van der Waals surface area (Å²) >= 11 is 0. The van der Waals surface area contributed by atoms with E-state index in [0.29, 0.717) is 11.9 Å². The van der Waals surface area contributed by atoms with Gasteiger partial charge in [-0.25, -0.2) is 0 Å². The lowest BCUT2D eigenvalue weighted by molar-refractivity contribution is -0.136. The molecule has 1 amide bonds. The molecule has 0 unspecified atom stereocenters. The number of nitrogens with zero attached hydrogens (tertiary/aromatic N) is 2. The van der Waals surface area contributed by atoms with E-state index >= 15 is 0 Å². The fraction of sp³-hybridized carbons (Fsp3) is 0.667. The van der Waals surface area contributed by atoms with E-state index in [1.165, 1.54) is 5.56 Å². The molecule has 1 aromatic carbocycles. The van der Waals surface area contributed by atoms with Gasteiger partial charge in [0.15, 0.2) is 5.96 Å². The van der Waals surface area contributed by atoms with E-state index in [0.717, 1.165) is 57.7 Å². The molecule has 2 rings (SSSR count). The summed E-state index contributed by atoms with van der Waals surface area (Å²) in [5, 5.41) is 7.07.